The van der Waals surface area contributed by atoms with Crippen molar-refractivity contribution in [2.45, 2.75) is 31.9 Å². The van der Waals surface area contributed by atoms with E-state index in [9.17, 15) is 0 Å². The summed E-state index contributed by atoms with van der Waals surface area (Å²) in [6, 6.07) is 2.32. The van der Waals surface area contributed by atoms with Gasteiger partial charge >= 0.3 is 0 Å². The van der Waals surface area contributed by atoms with E-state index in [1.165, 1.54) is 11.3 Å². The first-order valence-corrected chi connectivity index (χ1v) is 7.80. The maximum Gasteiger partial charge on any atom is 0.0702 e. The summed E-state index contributed by atoms with van der Waals surface area (Å²) in [7, 11) is 0. The Morgan fingerprint density at radius 2 is 2.50 bits per heavy atom. The van der Waals surface area contributed by atoms with Crippen molar-refractivity contribution in [2.24, 2.45) is 5.73 Å². The number of rotatable bonds is 5. The first-order valence-electron chi connectivity index (χ1n) is 6.54. The molecule has 1 aromatic heterocycles. The maximum atomic E-state index is 6.01. The number of piperidine rings is 1. The summed E-state index contributed by atoms with van der Waals surface area (Å²) in [6.07, 6.45) is 2.70. The van der Waals surface area contributed by atoms with Gasteiger partial charge in [-0.05, 0) is 32.4 Å². The van der Waals surface area contributed by atoms with Gasteiger partial charge in [-0.15, -0.1) is 11.3 Å². The molecule has 1 aliphatic heterocycles. The third-order valence-electron chi connectivity index (χ3n) is 3.39. The van der Waals surface area contributed by atoms with Crippen molar-refractivity contribution in [3.8, 4) is 0 Å². The zero-order chi connectivity index (χ0) is 13.0. The van der Waals surface area contributed by atoms with Crippen molar-refractivity contribution in [1.82, 2.24) is 4.90 Å². The lowest BCUT2D eigenvalue weighted by molar-refractivity contribution is -0.00615. The van der Waals surface area contributed by atoms with Crippen molar-refractivity contribution in [3.05, 3.63) is 21.3 Å². The molecular weight excluding hydrogens is 268 g/mol. The number of halogens is 1. The molecule has 0 radical (unpaired) electrons. The quantitative estimate of drug-likeness (QED) is 0.905. The topological polar surface area (TPSA) is 38.5 Å². The predicted octanol–water partition coefficient (Wildman–Crippen LogP) is 2.90. The second-order valence-electron chi connectivity index (χ2n) is 4.63. The molecule has 18 heavy (non-hydrogen) atoms. The van der Waals surface area contributed by atoms with Crippen LogP contribution in [0.3, 0.4) is 0 Å². The van der Waals surface area contributed by atoms with Gasteiger partial charge in [-0.25, -0.2) is 0 Å². The number of nitrogens with zero attached hydrogens (tertiary/aromatic N) is 1. The molecule has 2 atom stereocenters. The molecule has 3 nitrogen and oxygen atoms in total. The second kappa shape index (κ2) is 6.87. The van der Waals surface area contributed by atoms with Gasteiger partial charge in [0.1, 0.15) is 0 Å². The van der Waals surface area contributed by atoms with Crippen molar-refractivity contribution >= 4 is 22.9 Å². The summed E-state index contributed by atoms with van der Waals surface area (Å²) in [4.78, 5) is 3.70. The average Bonchev–Trinajstić information content (AvgIpc) is 2.78. The Labute approximate surface area is 118 Å². The highest BCUT2D eigenvalue weighted by molar-refractivity contribution is 7.10. The minimum atomic E-state index is 0.283. The van der Waals surface area contributed by atoms with Crippen molar-refractivity contribution in [1.29, 1.82) is 0 Å². The molecule has 1 saturated heterocycles. The van der Waals surface area contributed by atoms with Gasteiger partial charge in [0.05, 0.1) is 17.2 Å². The number of ether oxygens (including phenoxy) is 1. The lowest BCUT2D eigenvalue weighted by atomic mass is 10.0. The van der Waals surface area contributed by atoms with E-state index in [2.05, 4.69) is 11.8 Å². The molecule has 0 aromatic carbocycles. The number of nitrogens with two attached hydrogens (primary N) is 1. The fourth-order valence-corrected chi connectivity index (χ4v) is 3.80. The van der Waals surface area contributed by atoms with E-state index >= 15 is 0 Å². The van der Waals surface area contributed by atoms with Crippen molar-refractivity contribution in [3.63, 3.8) is 0 Å². The highest BCUT2D eigenvalue weighted by Gasteiger charge is 2.27. The van der Waals surface area contributed by atoms with Crippen LogP contribution in [0.15, 0.2) is 11.4 Å². The summed E-state index contributed by atoms with van der Waals surface area (Å²) in [5, 5.41) is 2.79. The summed E-state index contributed by atoms with van der Waals surface area (Å²) < 4.78 is 5.74. The van der Waals surface area contributed by atoms with Crippen LogP contribution in [0, 0.1) is 0 Å². The average molecular weight is 289 g/mol. The molecule has 0 spiro atoms. The van der Waals surface area contributed by atoms with Gasteiger partial charge in [0.15, 0.2) is 0 Å². The third kappa shape index (κ3) is 3.45. The van der Waals surface area contributed by atoms with Gasteiger partial charge in [0.2, 0.25) is 0 Å². The van der Waals surface area contributed by atoms with E-state index in [0.717, 1.165) is 31.1 Å². The van der Waals surface area contributed by atoms with E-state index in [1.807, 2.05) is 11.4 Å². The van der Waals surface area contributed by atoms with E-state index in [-0.39, 0.29) is 6.04 Å². The fourth-order valence-electron chi connectivity index (χ4n) is 2.57. The molecule has 0 bridgehead atoms. The van der Waals surface area contributed by atoms with E-state index in [4.69, 9.17) is 22.1 Å². The molecule has 102 valence electrons. The minimum Gasteiger partial charge on any atom is -0.377 e. The normalized spacial score (nSPS) is 23.2. The summed E-state index contributed by atoms with van der Waals surface area (Å²) in [6.45, 7) is 5.55. The van der Waals surface area contributed by atoms with Crippen LogP contribution in [0.2, 0.25) is 5.02 Å². The molecule has 1 fully saturated rings. The molecular formula is C13H21ClN2OS. The van der Waals surface area contributed by atoms with Crippen LogP contribution in [-0.4, -0.2) is 37.2 Å². The largest absolute Gasteiger partial charge is 0.377 e. The standard InChI is InChI=1S/C13H21ClN2OS/c1-2-17-11-4-3-5-16(8-11)12(7-15)13-6-10(14)9-18-13/h6,9,11-12H,2-5,7-8,15H2,1H3. The Hall–Kier alpha value is -0.130. The lowest BCUT2D eigenvalue weighted by Crippen LogP contribution is -2.43. The number of hydrogen-bond donors (Lipinski definition) is 1. The van der Waals surface area contributed by atoms with Crippen molar-refractivity contribution < 1.29 is 4.74 Å². The Balaban J connectivity index is 2.03. The van der Waals surface area contributed by atoms with Crippen LogP contribution in [0.4, 0.5) is 0 Å². The fraction of sp³-hybridized carbons (Fsp3) is 0.692. The molecule has 0 aliphatic carbocycles. The van der Waals surface area contributed by atoms with Crippen LogP contribution < -0.4 is 5.73 Å². The SMILES string of the molecule is CCOC1CCCN(C(CN)c2cc(Cl)cs2)C1. The van der Waals surface area contributed by atoms with Gasteiger partial charge in [-0.2, -0.15) is 0 Å². The summed E-state index contributed by atoms with van der Waals surface area (Å²) in [5.41, 5.74) is 5.95. The first-order chi connectivity index (χ1) is 8.74. The number of likely N-dealkylation sites (tertiary alicyclic amines) is 1. The Kier molecular flexibility index (Phi) is 5.45. The van der Waals surface area contributed by atoms with Gasteiger partial charge in [0, 0.05) is 30.0 Å². The van der Waals surface area contributed by atoms with E-state index in [1.54, 1.807) is 11.3 Å². The highest BCUT2D eigenvalue weighted by atomic mass is 35.5. The van der Waals surface area contributed by atoms with E-state index < -0.39 is 0 Å². The molecule has 2 rings (SSSR count). The lowest BCUT2D eigenvalue weighted by Gasteiger charge is -2.37. The smallest absolute Gasteiger partial charge is 0.0702 e. The minimum absolute atomic E-state index is 0.283. The number of hydrogen-bond acceptors (Lipinski definition) is 4. The monoisotopic (exact) mass is 288 g/mol. The van der Waals surface area contributed by atoms with Crippen molar-refractivity contribution in [2.75, 3.05) is 26.2 Å². The third-order valence-corrected chi connectivity index (χ3v) is 4.77. The maximum absolute atomic E-state index is 6.01. The molecule has 0 amide bonds. The van der Waals surface area contributed by atoms with Gasteiger partial charge < -0.3 is 10.5 Å². The second-order valence-corrected chi connectivity index (χ2v) is 6.01. The zero-order valence-electron chi connectivity index (χ0n) is 10.8. The van der Waals surface area contributed by atoms with Crippen LogP contribution in [0.5, 0.6) is 0 Å². The van der Waals surface area contributed by atoms with Crippen LogP contribution >= 0.6 is 22.9 Å². The zero-order valence-corrected chi connectivity index (χ0v) is 12.3. The molecule has 5 heteroatoms. The van der Waals surface area contributed by atoms with Gasteiger partial charge in [0.25, 0.3) is 0 Å². The molecule has 2 unspecified atom stereocenters. The van der Waals surface area contributed by atoms with Crippen LogP contribution in [-0.2, 0) is 4.74 Å². The molecule has 2 heterocycles. The first kappa shape index (κ1) is 14.3. The Morgan fingerprint density at radius 1 is 1.67 bits per heavy atom. The molecule has 1 aromatic rings. The van der Waals surface area contributed by atoms with Gasteiger partial charge in [-0.1, -0.05) is 11.6 Å². The Bertz CT molecular complexity index is 370. The summed E-state index contributed by atoms with van der Waals surface area (Å²) >= 11 is 7.70. The summed E-state index contributed by atoms with van der Waals surface area (Å²) in [5.74, 6) is 0. The van der Waals surface area contributed by atoms with Crippen LogP contribution in [0.25, 0.3) is 0 Å². The molecule has 2 N–H and O–H groups in total. The highest BCUT2D eigenvalue weighted by Crippen LogP contribution is 2.30. The molecule has 0 saturated carbocycles. The van der Waals surface area contributed by atoms with Crippen LogP contribution in [0.1, 0.15) is 30.7 Å². The Morgan fingerprint density at radius 3 is 3.11 bits per heavy atom. The number of thiophene rings is 1. The predicted molar refractivity (Wildman–Crippen MR) is 77.3 cm³/mol. The molecule has 1 aliphatic rings. The van der Waals surface area contributed by atoms with Gasteiger partial charge in [-0.3, -0.25) is 4.90 Å². The van der Waals surface area contributed by atoms with E-state index in [0.29, 0.717) is 12.6 Å².